The van der Waals surface area contributed by atoms with E-state index in [1.165, 1.54) is 6.33 Å². The molecule has 2 aromatic carbocycles. The molecule has 0 unspecified atom stereocenters. The summed E-state index contributed by atoms with van der Waals surface area (Å²) in [6.07, 6.45) is 7.85. The van der Waals surface area contributed by atoms with Gasteiger partial charge in [-0.3, -0.25) is 9.52 Å². The van der Waals surface area contributed by atoms with Crippen LogP contribution >= 0.6 is 0 Å². The van der Waals surface area contributed by atoms with Crippen LogP contribution in [0.1, 0.15) is 37.5 Å². The van der Waals surface area contributed by atoms with Crippen LogP contribution in [0.2, 0.25) is 0 Å². The molecule has 0 bridgehead atoms. The van der Waals surface area contributed by atoms with E-state index in [2.05, 4.69) is 35.5 Å². The van der Waals surface area contributed by atoms with Crippen molar-refractivity contribution in [3.05, 3.63) is 76.0 Å². The second kappa shape index (κ2) is 9.00. The van der Waals surface area contributed by atoms with Gasteiger partial charge in [-0.05, 0) is 40.8 Å². The van der Waals surface area contributed by atoms with Crippen molar-refractivity contribution < 1.29 is 13.2 Å². The number of hydrogen-bond donors (Lipinski definition) is 2. The first-order valence-corrected chi connectivity index (χ1v) is 11.9. The monoisotopic (exact) mass is 453 g/mol. The fraction of sp³-hybridized carbons (Fsp3) is 0.250. The molecule has 0 fully saturated rings. The summed E-state index contributed by atoms with van der Waals surface area (Å²) in [5.74, 6) is 0.730. The Labute approximate surface area is 188 Å². The lowest BCUT2D eigenvalue weighted by molar-refractivity contribution is 0.397. The summed E-state index contributed by atoms with van der Waals surface area (Å²) in [6, 6.07) is 10.9. The maximum absolute atomic E-state index is 12.4. The number of H-pyrrole nitrogens is 1. The van der Waals surface area contributed by atoms with Crippen LogP contribution < -0.4 is 15.0 Å². The Balaban J connectivity index is 2.07. The highest BCUT2D eigenvalue weighted by atomic mass is 32.2. The molecule has 0 aliphatic rings. The minimum atomic E-state index is -3.33. The van der Waals surface area contributed by atoms with Crippen molar-refractivity contribution in [2.45, 2.75) is 26.2 Å². The first kappa shape index (κ1) is 23.3. The SMILES string of the molecule is COc1c(/C=C/c2ccc(NS(C)(=O)=O)cc2)cc(-c2cnc[nH]c2=O)cc1C(C)(C)C. The van der Waals surface area contributed by atoms with Crippen LogP contribution in [-0.2, 0) is 15.4 Å². The largest absolute Gasteiger partial charge is 0.496 e. The Hall–Kier alpha value is -3.39. The van der Waals surface area contributed by atoms with Crippen molar-refractivity contribution in [3.8, 4) is 16.9 Å². The van der Waals surface area contributed by atoms with Gasteiger partial charge in [0.1, 0.15) is 5.75 Å². The van der Waals surface area contributed by atoms with Gasteiger partial charge in [-0.1, -0.05) is 45.1 Å². The summed E-state index contributed by atoms with van der Waals surface area (Å²) in [6.45, 7) is 6.26. The summed E-state index contributed by atoms with van der Waals surface area (Å²) in [5, 5.41) is 0. The van der Waals surface area contributed by atoms with Crippen LogP contribution in [0.5, 0.6) is 5.75 Å². The van der Waals surface area contributed by atoms with Gasteiger partial charge in [0.25, 0.3) is 5.56 Å². The second-order valence-corrected chi connectivity index (χ2v) is 10.3. The number of anilines is 1. The predicted octanol–water partition coefficient (Wildman–Crippen LogP) is 4.28. The third-order valence-electron chi connectivity index (χ3n) is 4.83. The third-order valence-corrected chi connectivity index (χ3v) is 5.44. The van der Waals surface area contributed by atoms with Crippen LogP contribution in [-0.4, -0.2) is 31.8 Å². The Morgan fingerprint density at radius 3 is 2.34 bits per heavy atom. The van der Waals surface area contributed by atoms with Gasteiger partial charge in [-0.15, -0.1) is 0 Å². The molecular weight excluding hydrogens is 426 g/mol. The van der Waals surface area contributed by atoms with E-state index in [9.17, 15) is 13.2 Å². The molecule has 1 heterocycles. The number of nitrogens with one attached hydrogen (secondary N) is 2. The van der Waals surface area contributed by atoms with Crippen LogP contribution in [0.15, 0.2) is 53.7 Å². The summed E-state index contributed by atoms with van der Waals surface area (Å²) in [5.41, 5.74) is 3.95. The lowest BCUT2D eigenvalue weighted by atomic mass is 9.83. The summed E-state index contributed by atoms with van der Waals surface area (Å²) >= 11 is 0. The van der Waals surface area contributed by atoms with Gasteiger partial charge in [0.05, 0.1) is 25.3 Å². The Kier molecular flexibility index (Phi) is 6.55. The zero-order valence-electron chi connectivity index (χ0n) is 18.8. The van der Waals surface area contributed by atoms with Crippen LogP contribution in [0.4, 0.5) is 5.69 Å². The summed E-state index contributed by atoms with van der Waals surface area (Å²) < 4.78 is 31.0. The minimum absolute atomic E-state index is 0.214. The molecule has 0 aliphatic heterocycles. The number of aromatic amines is 1. The van der Waals surface area contributed by atoms with E-state index < -0.39 is 10.0 Å². The fourth-order valence-electron chi connectivity index (χ4n) is 3.33. The maximum Gasteiger partial charge on any atom is 0.258 e. The van der Waals surface area contributed by atoms with Crippen molar-refractivity contribution in [2.24, 2.45) is 0 Å². The van der Waals surface area contributed by atoms with Crippen molar-refractivity contribution in [1.29, 1.82) is 0 Å². The summed E-state index contributed by atoms with van der Waals surface area (Å²) in [4.78, 5) is 19.0. The number of nitrogens with zero attached hydrogens (tertiary/aromatic N) is 1. The van der Waals surface area contributed by atoms with Crippen LogP contribution in [0.25, 0.3) is 23.3 Å². The zero-order chi connectivity index (χ0) is 23.5. The number of ether oxygens (including phenoxy) is 1. The lowest BCUT2D eigenvalue weighted by Gasteiger charge is -2.24. The van der Waals surface area contributed by atoms with E-state index in [1.54, 1.807) is 25.4 Å². The van der Waals surface area contributed by atoms with E-state index in [1.807, 2.05) is 36.4 Å². The molecule has 0 aliphatic carbocycles. The molecule has 168 valence electrons. The lowest BCUT2D eigenvalue weighted by Crippen LogP contribution is -2.15. The molecule has 3 aromatic rings. The standard InChI is InChI=1S/C24H27N3O4S/c1-24(2,3)21-13-18(20-14-25-15-26-23(20)28)12-17(22(21)31-4)9-6-16-7-10-19(11-8-16)27-32(5,29)30/h6-15,27H,1-5H3,(H,25,26,28)/b9-6+. The van der Waals surface area contributed by atoms with Crippen LogP contribution in [0.3, 0.4) is 0 Å². The molecule has 0 atom stereocenters. The molecule has 0 saturated carbocycles. The molecule has 7 nitrogen and oxygen atoms in total. The molecule has 32 heavy (non-hydrogen) atoms. The summed E-state index contributed by atoms with van der Waals surface area (Å²) in [7, 11) is -1.70. The molecule has 0 amide bonds. The van der Waals surface area contributed by atoms with E-state index in [0.29, 0.717) is 11.3 Å². The van der Waals surface area contributed by atoms with E-state index in [-0.39, 0.29) is 11.0 Å². The third kappa shape index (κ3) is 5.64. The molecule has 0 radical (unpaired) electrons. The van der Waals surface area contributed by atoms with Crippen molar-refractivity contribution in [3.63, 3.8) is 0 Å². The van der Waals surface area contributed by atoms with E-state index >= 15 is 0 Å². The van der Waals surface area contributed by atoms with Gasteiger partial charge in [-0.2, -0.15) is 0 Å². The van der Waals surface area contributed by atoms with E-state index in [0.717, 1.165) is 34.3 Å². The van der Waals surface area contributed by atoms with Gasteiger partial charge in [0.15, 0.2) is 0 Å². The van der Waals surface area contributed by atoms with Gasteiger partial charge in [-0.25, -0.2) is 13.4 Å². The molecule has 0 spiro atoms. The van der Waals surface area contributed by atoms with Gasteiger partial charge < -0.3 is 9.72 Å². The number of sulfonamides is 1. The topological polar surface area (TPSA) is 101 Å². The number of benzene rings is 2. The highest BCUT2D eigenvalue weighted by Crippen LogP contribution is 2.38. The average molecular weight is 454 g/mol. The first-order valence-electron chi connectivity index (χ1n) is 9.99. The highest BCUT2D eigenvalue weighted by Gasteiger charge is 2.22. The first-order chi connectivity index (χ1) is 15.0. The van der Waals surface area contributed by atoms with Gasteiger partial charge in [0.2, 0.25) is 10.0 Å². The van der Waals surface area contributed by atoms with Crippen LogP contribution in [0, 0.1) is 0 Å². The predicted molar refractivity (Wildman–Crippen MR) is 129 cm³/mol. The Bertz CT molecular complexity index is 1300. The molecule has 2 N–H and O–H groups in total. The molecule has 1 aromatic heterocycles. The Morgan fingerprint density at radius 2 is 1.78 bits per heavy atom. The molecule has 3 rings (SSSR count). The zero-order valence-corrected chi connectivity index (χ0v) is 19.6. The number of rotatable bonds is 6. The molecular formula is C24H27N3O4S. The van der Waals surface area contributed by atoms with Gasteiger partial charge in [0, 0.05) is 23.0 Å². The smallest absolute Gasteiger partial charge is 0.258 e. The highest BCUT2D eigenvalue weighted by molar-refractivity contribution is 7.92. The number of aromatic nitrogens is 2. The normalized spacial score (nSPS) is 12.2. The quantitative estimate of drug-likeness (QED) is 0.543. The average Bonchev–Trinajstić information content (AvgIpc) is 2.71. The van der Waals surface area contributed by atoms with E-state index in [4.69, 9.17) is 4.74 Å². The van der Waals surface area contributed by atoms with Crippen molar-refractivity contribution >= 4 is 27.9 Å². The van der Waals surface area contributed by atoms with Gasteiger partial charge >= 0.3 is 0 Å². The maximum atomic E-state index is 12.4. The molecule has 8 heteroatoms. The Morgan fingerprint density at radius 1 is 1.09 bits per heavy atom. The minimum Gasteiger partial charge on any atom is -0.496 e. The van der Waals surface area contributed by atoms with Crippen molar-refractivity contribution in [2.75, 3.05) is 18.1 Å². The second-order valence-electron chi connectivity index (χ2n) is 8.52. The fourth-order valence-corrected chi connectivity index (χ4v) is 3.89. The molecule has 0 saturated heterocycles. The van der Waals surface area contributed by atoms with Crippen molar-refractivity contribution in [1.82, 2.24) is 9.97 Å². The number of methoxy groups -OCH3 is 1. The number of hydrogen-bond acceptors (Lipinski definition) is 5.